The van der Waals surface area contributed by atoms with Crippen molar-refractivity contribution in [3.05, 3.63) is 48.3 Å². The van der Waals surface area contributed by atoms with Crippen LogP contribution in [0.25, 0.3) is 0 Å². The smallest absolute Gasteiger partial charge is 0.348 e. The Morgan fingerprint density at radius 1 is 1.19 bits per heavy atom. The standard InChI is InChI=1S/C19H23N3O4/c1-15-7-11-20-22(15)12-8-17(23)21-13-9-19(10-14-21,18(24)25)26-16-5-3-2-4-6-16/h2-7,11H,8-10,12-14H2,1H3,(H,24,25). The van der Waals surface area contributed by atoms with E-state index < -0.39 is 11.6 Å². The molecule has 0 radical (unpaired) electrons. The fraction of sp³-hybridized carbons (Fsp3) is 0.421. The molecule has 0 saturated carbocycles. The molecule has 0 atom stereocenters. The average molecular weight is 357 g/mol. The Hall–Kier alpha value is -2.83. The number of ether oxygens (including phenoxy) is 1. The summed E-state index contributed by atoms with van der Waals surface area (Å²) in [7, 11) is 0. The van der Waals surface area contributed by atoms with E-state index in [-0.39, 0.29) is 18.7 Å². The molecule has 1 amide bonds. The Balaban J connectivity index is 1.58. The van der Waals surface area contributed by atoms with Crippen LogP contribution < -0.4 is 4.74 Å². The number of aryl methyl sites for hydroxylation is 2. The molecule has 0 bridgehead atoms. The van der Waals surface area contributed by atoms with Crippen molar-refractivity contribution >= 4 is 11.9 Å². The number of hydrogen-bond donors (Lipinski definition) is 1. The SMILES string of the molecule is Cc1ccnn1CCC(=O)N1CCC(Oc2ccccc2)(C(=O)O)CC1. The first-order valence-electron chi connectivity index (χ1n) is 8.74. The molecule has 1 aromatic carbocycles. The maximum Gasteiger partial charge on any atom is 0.348 e. The molecular formula is C19H23N3O4. The number of amides is 1. The summed E-state index contributed by atoms with van der Waals surface area (Å²) >= 11 is 0. The number of carboxylic acid groups (broad SMARTS) is 1. The molecule has 1 fully saturated rings. The quantitative estimate of drug-likeness (QED) is 0.856. The van der Waals surface area contributed by atoms with Crippen LogP contribution in [0.4, 0.5) is 0 Å². The van der Waals surface area contributed by atoms with Gasteiger partial charge >= 0.3 is 5.97 Å². The van der Waals surface area contributed by atoms with Crippen LogP contribution in [0.3, 0.4) is 0 Å². The number of piperidine rings is 1. The minimum absolute atomic E-state index is 0.0126. The van der Waals surface area contributed by atoms with E-state index in [2.05, 4.69) is 5.10 Å². The first kappa shape index (κ1) is 18.0. The summed E-state index contributed by atoms with van der Waals surface area (Å²) in [4.78, 5) is 26.0. The highest BCUT2D eigenvalue weighted by Crippen LogP contribution is 2.29. The van der Waals surface area contributed by atoms with Gasteiger partial charge in [0.25, 0.3) is 0 Å². The molecule has 2 heterocycles. The number of carbonyl (C=O) groups excluding carboxylic acids is 1. The van der Waals surface area contributed by atoms with E-state index in [1.165, 1.54) is 0 Å². The monoisotopic (exact) mass is 357 g/mol. The van der Waals surface area contributed by atoms with Gasteiger partial charge in [0.05, 0.1) is 0 Å². The van der Waals surface area contributed by atoms with Gasteiger partial charge in [0.15, 0.2) is 0 Å². The van der Waals surface area contributed by atoms with Gasteiger partial charge in [0.1, 0.15) is 5.75 Å². The van der Waals surface area contributed by atoms with Gasteiger partial charge in [-0.15, -0.1) is 0 Å². The molecule has 2 aromatic rings. The topological polar surface area (TPSA) is 84.7 Å². The fourth-order valence-corrected chi connectivity index (χ4v) is 3.18. The lowest BCUT2D eigenvalue weighted by molar-refractivity contribution is -0.161. The average Bonchev–Trinajstić information content (AvgIpc) is 3.06. The van der Waals surface area contributed by atoms with Crippen molar-refractivity contribution in [3.8, 4) is 5.75 Å². The molecule has 138 valence electrons. The maximum absolute atomic E-state index is 12.4. The molecule has 1 aliphatic heterocycles. The zero-order chi connectivity index (χ0) is 18.6. The van der Waals surface area contributed by atoms with Gasteiger partial charge in [0.2, 0.25) is 11.5 Å². The molecule has 7 nitrogen and oxygen atoms in total. The number of likely N-dealkylation sites (tertiary alicyclic amines) is 1. The molecule has 1 aliphatic rings. The Labute approximate surface area is 152 Å². The van der Waals surface area contributed by atoms with Gasteiger partial charge in [-0.1, -0.05) is 18.2 Å². The zero-order valence-electron chi connectivity index (χ0n) is 14.8. The molecule has 7 heteroatoms. The van der Waals surface area contributed by atoms with Crippen molar-refractivity contribution in [2.24, 2.45) is 0 Å². The van der Waals surface area contributed by atoms with Gasteiger partial charge in [-0.05, 0) is 25.1 Å². The third-order valence-corrected chi connectivity index (χ3v) is 4.84. The van der Waals surface area contributed by atoms with Crippen molar-refractivity contribution in [3.63, 3.8) is 0 Å². The number of rotatable bonds is 6. The Morgan fingerprint density at radius 2 is 1.88 bits per heavy atom. The van der Waals surface area contributed by atoms with Crippen molar-refractivity contribution in [2.75, 3.05) is 13.1 Å². The van der Waals surface area contributed by atoms with E-state index >= 15 is 0 Å². The minimum atomic E-state index is -1.28. The third kappa shape index (κ3) is 3.87. The Kier molecular flexibility index (Phi) is 5.25. The predicted molar refractivity (Wildman–Crippen MR) is 94.8 cm³/mol. The molecule has 0 aliphatic carbocycles. The number of aromatic nitrogens is 2. The van der Waals surface area contributed by atoms with Crippen LogP contribution in [-0.4, -0.2) is 50.4 Å². The van der Waals surface area contributed by atoms with E-state index in [1.807, 2.05) is 19.1 Å². The lowest BCUT2D eigenvalue weighted by atomic mass is 9.91. The van der Waals surface area contributed by atoms with E-state index in [0.717, 1.165) is 5.69 Å². The molecule has 0 spiro atoms. The van der Waals surface area contributed by atoms with Crippen molar-refractivity contribution in [1.82, 2.24) is 14.7 Å². The Bertz CT molecular complexity index is 764. The number of aliphatic carboxylic acids is 1. The fourth-order valence-electron chi connectivity index (χ4n) is 3.18. The zero-order valence-corrected chi connectivity index (χ0v) is 14.8. The minimum Gasteiger partial charge on any atom is -0.478 e. The summed E-state index contributed by atoms with van der Waals surface area (Å²) in [6.45, 7) is 3.21. The molecule has 1 N–H and O–H groups in total. The summed E-state index contributed by atoms with van der Waals surface area (Å²) in [5, 5.41) is 13.9. The van der Waals surface area contributed by atoms with Crippen LogP contribution in [0.2, 0.25) is 0 Å². The highest BCUT2D eigenvalue weighted by atomic mass is 16.5. The first-order chi connectivity index (χ1) is 12.5. The van der Waals surface area contributed by atoms with E-state index in [1.54, 1.807) is 40.0 Å². The molecule has 26 heavy (non-hydrogen) atoms. The second kappa shape index (κ2) is 7.59. The largest absolute Gasteiger partial charge is 0.478 e. The summed E-state index contributed by atoms with van der Waals surface area (Å²) in [5.74, 6) is -0.442. The summed E-state index contributed by atoms with van der Waals surface area (Å²) < 4.78 is 7.61. The van der Waals surface area contributed by atoms with Crippen LogP contribution in [0.15, 0.2) is 42.6 Å². The summed E-state index contributed by atoms with van der Waals surface area (Å²) in [5.41, 5.74) is -0.269. The van der Waals surface area contributed by atoms with Crippen molar-refractivity contribution < 1.29 is 19.4 Å². The van der Waals surface area contributed by atoms with Crippen molar-refractivity contribution in [2.45, 2.75) is 38.3 Å². The normalized spacial score (nSPS) is 16.3. The van der Waals surface area contributed by atoms with Gasteiger partial charge in [-0.25, -0.2) is 4.79 Å². The summed E-state index contributed by atoms with van der Waals surface area (Å²) in [6, 6.07) is 10.8. The number of hydrogen-bond acceptors (Lipinski definition) is 4. The van der Waals surface area contributed by atoms with Gasteiger partial charge < -0.3 is 14.7 Å². The number of carboxylic acids is 1. The van der Waals surface area contributed by atoms with Crippen LogP contribution in [0.5, 0.6) is 5.75 Å². The van der Waals surface area contributed by atoms with Gasteiger partial charge in [-0.3, -0.25) is 9.48 Å². The van der Waals surface area contributed by atoms with Gasteiger partial charge in [0, 0.05) is 50.8 Å². The van der Waals surface area contributed by atoms with Gasteiger partial charge in [-0.2, -0.15) is 5.10 Å². The predicted octanol–water partition coefficient (Wildman–Crippen LogP) is 2.11. The number of para-hydroxylation sites is 1. The van der Waals surface area contributed by atoms with E-state index in [0.29, 0.717) is 31.8 Å². The van der Waals surface area contributed by atoms with Crippen LogP contribution >= 0.6 is 0 Å². The molecular weight excluding hydrogens is 334 g/mol. The third-order valence-electron chi connectivity index (χ3n) is 4.84. The molecule has 0 unspecified atom stereocenters. The number of carbonyl (C=O) groups is 2. The molecule has 1 saturated heterocycles. The maximum atomic E-state index is 12.4. The highest BCUT2D eigenvalue weighted by Gasteiger charge is 2.44. The van der Waals surface area contributed by atoms with Crippen LogP contribution in [0.1, 0.15) is 25.0 Å². The van der Waals surface area contributed by atoms with E-state index in [9.17, 15) is 14.7 Å². The first-order valence-corrected chi connectivity index (χ1v) is 8.74. The Morgan fingerprint density at radius 3 is 2.46 bits per heavy atom. The second-order valence-electron chi connectivity index (χ2n) is 6.54. The number of nitrogens with zero attached hydrogens (tertiary/aromatic N) is 3. The number of benzene rings is 1. The molecule has 1 aromatic heterocycles. The summed E-state index contributed by atoms with van der Waals surface area (Å²) in [6.07, 6.45) is 2.60. The van der Waals surface area contributed by atoms with Crippen LogP contribution in [0, 0.1) is 6.92 Å². The van der Waals surface area contributed by atoms with Crippen molar-refractivity contribution in [1.29, 1.82) is 0 Å². The second-order valence-corrected chi connectivity index (χ2v) is 6.54. The molecule has 3 rings (SSSR count). The highest BCUT2D eigenvalue weighted by molar-refractivity contribution is 5.80. The van der Waals surface area contributed by atoms with Crippen LogP contribution in [-0.2, 0) is 16.1 Å². The lowest BCUT2D eigenvalue weighted by Gasteiger charge is -2.39. The lowest BCUT2D eigenvalue weighted by Crippen LogP contribution is -2.54. The van der Waals surface area contributed by atoms with E-state index in [4.69, 9.17) is 4.74 Å².